The van der Waals surface area contributed by atoms with Crippen LogP contribution < -0.4 is 11.2 Å². The number of nitrogens with zero attached hydrogens (tertiary/aromatic N) is 1. The van der Waals surface area contributed by atoms with Gasteiger partial charge in [-0.05, 0) is 12.1 Å². The monoisotopic (exact) mass is 213 g/mol. The summed E-state index contributed by atoms with van der Waals surface area (Å²) in [6.45, 7) is 0. The van der Waals surface area contributed by atoms with Gasteiger partial charge in [0, 0.05) is 11.9 Å². The number of rotatable bonds is 4. The van der Waals surface area contributed by atoms with Gasteiger partial charge in [-0.25, -0.2) is 10.5 Å². The molecule has 14 heavy (non-hydrogen) atoms. The molecule has 0 radical (unpaired) electrons. The summed E-state index contributed by atoms with van der Waals surface area (Å²) in [6, 6.07) is 4.76. The van der Waals surface area contributed by atoms with Gasteiger partial charge in [-0.2, -0.15) is 0 Å². The first-order valence-electron chi connectivity index (χ1n) is 3.97. The third kappa shape index (κ3) is 3.33. The van der Waals surface area contributed by atoms with E-state index < -0.39 is 11.9 Å². The minimum atomic E-state index is -0.730. The van der Waals surface area contributed by atoms with E-state index in [1.807, 2.05) is 18.2 Å². The number of hydroxylamine groups is 1. The molecule has 0 spiro atoms. The zero-order valence-corrected chi connectivity index (χ0v) is 8.20. The third-order valence-corrected chi connectivity index (χ3v) is 2.56. The first-order valence-corrected chi connectivity index (χ1v) is 4.96. The van der Waals surface area contributed by atoms with Crippen molar-refractivity contribution in [2.24, 2.45) is 5.73 Å². The van der Waals surface area contributed by atoms with Crippen LogP contribution in [0.25, 0.3) is 0 Å². The molecule has 1 aromatic heterocycles. The van der Waals surface area contributed by atoms with Crippen molar-refractivity contribution in [3.63, 3.8) is 0 Å². The molecule has 1 atom stereocenters. The molecule has 0 aliphatic rings. The molecular weight excluding hydrogens is 202 g/mol. The number of carbonyl (C=O) groups excluding carboxylic acids is 1. The van der Waals surface area contributed by atoms with E-state index in [2.05, 4.69) is 4.98 Å². The van der Waals surface area contributed by atoms with Crippen LogP contribution in [0.2, 0.25) is 0 Å². The first kappa shape index (κ1) is 11.0. The van der Waals surface area contributed by atoms with Crippen LogP contribution in [-0.2, 0) is 4.79 Å². The van der Waals surface area contributed by atoms with E-state index in [1.54, 1.807) is 6.20 Å². The Hall–Kier alpha value is -1.11. The van der Waals surface area contributed by atoms with Gasteiger partial charge in [0.15, 0.2) is 0 Å². The maximum atomic E-state index is 10.8. The summed E-state index contributed by atoms with van der Waals surface area (Å²) >= 11 is 1.36. The number of aromatic nitrogens is 1. The van der Waals surface area contributed by atoms with Crippen LogP contribution in [0.15, 0.2) is 29.4 Å². The smallest absolute Gasteiger partial charge is 0.261 e. The normalized spacial score (nSPS) is 12.1. The number of hydrogen-bond acceptors (Lipinski definition) is 5. The maximum Gasteiger partial charge on any atom is 0.261 e. The number of amides is 1. The van der Waals surface area contributed by atoms with Crippen LogP contribution in [0.5, 0.6) is 0 Å². The van der Waals surface area contributed by atoms with Crippen molar-refractivity contribution in [1.29, 1.82) is 0 Å². The second-order valence-electron chi connectivity index (χ2n) is 2.56. The maximum absolute atomic E-state index is 10.8. The fraction of sp³-hybridized carbons (Fsp3) is 0.250. The molecule has 1 rings (SSSR count). The molecule has 0 aliphatic heterocycles. The Morgan fingerprint density at radius 3 is 3.07 bits per heavy atom. The van der Waals surface area contributed by atoms with Crippen molar-refractivity contribution in [2.75, 3.05) is 5.75 Å². The fourth-order valence-electron chi connectivity index (χ4n) is 0.766. The van der Waals surface area contributed by atoms with Gasteiger partial charge in [-0.3, -0.25) is 10.0 Å². The van der Waals surface area contributed by atoms with Crippen LogP contribution in [0.1, 0.15) is 0 Å². The van der Waals surface area contributed by atoms with Crippen molar-refractivity contribution < 1.29 is 10.0 Å². The van der Waals surface area contributed by atoms with E-state index in [-0.39, 0.29) is 0 Å². The number of pyridine rings is 1. The SMILES string of the molecule is NC(CSc1ccccn1)C(=O)NO. The predicted molar refractivity (Wildman–Crippen MR) is 52.9 cm³/mol. The Labute approximate surface area is 85.7 Å². The molecule has 0 saturated carbocycles. The molecule has 1 aromatic rings. The quantitative estimate of drug-likeness (QED) is 0.372. The van der Waals surface area contributed by atoms with Crippen LogP contribution in [0, 0.1) is 0 Å². The highest BCUT2D eigenvalue weighted by molar-refractivity contribution is 7.99. The lowest BCUT2D eigenvalue weighted by atomic mass is 10.3. The number of nitrogens with one attached hydrogen (secondary N) is 1. The van der Waals surface area contributed by atoms with E-state index in [0.29, 0.717) is 5.75 Å². The summed E-state index contributed by atoms with van der Waals surface area (Å²) < 4.78 is 0. The Kier molecular flexibility index (Phi) is 4.37. The van der Waals surface area contributed by atoms with Crippen LogP contribution in [0.4, 0.5) is 0 Å². The minimum Gasteiger partial charge on any atom is -0.319 e. The van der Waals surface area contributed by atoms with Gasteiger partial charge in [0.05, 0.1) is 11.1 Å². The molecule has 6 heteroatoms. The molecule has 0 aliphatic carbocycles. The zero-order chi connectivity index (χ0) is 10.4. The molecule has 0 saturated heterocycles. The van der Waals surface area contributed by atoms with E-state index in [0.717, 1.165) is 5.03 Å². The van der Waals surface area contributed by atoms with Gasteiger partial charge in [-0.1, -0.05) is 6.07 Å². The molecule has 0 bridgehead atoms. The number of hydrogen-bond donors (Lipinski definition) is 3. The molecule has 1 amide bonds. The Bertz CT molecular complexity index is 294. The molecule has 5 nitrogen and oxygen atoms in total. The largest absolute Gasteiger partial charge is 0.319 e. The van der Waals surface area contributed by atoms with E-state index >= 15 is 0 Å². The highest BCUT2D eigenvalue weighted by atomic mass is 32.2. The van der Waals surface area contributed by atoms with Crippen LogP contribution in [0.3, 0.4) is 0 Å². The van der Waals surface area contributed by atoms with Crippen molar-refractivity contribution in [3.05, 3.63) is 24.4 Å². The topological polar surface area (TPSA) is 88.2 Å². The molecule has 76 valence electrons. The molecule has 1 heterocycles. The summed E-state index contributed by atoms with van der Waals surface area (Å²) in [6.07, 6.45) is 1.67. The minimum absolute atomic E-state index is 0.378. The predicted octanol–water partition coefficient (Wildman–Crippen LogP) is 0.00640. The van der Waals surface area contributed by atoms with Gasteiger partial charge >= 0.3 is 0 Å². The van der Waals surface area contributed by atoms with Gasteiger partial charge in [0.2, 0.25) is 0 Å². The van der Waals surface area contributed by atoms with Gasteiger partial charge in [-0.15, -0.1) is 11.8 Å². The van der Waals surface area contributed by atoms with Crippen LogP contribution in [-0.4, -0.2) is 27.9 Å². The van der Waals surface area contributed by atoms with Crippen molar-refractivity contribution in [3.8, 4) is 0 Å². The second-order valence-corrected chi connectivity index (χ2v) is 3.60. The number of nitrogens with two attached hydrogens (primary N) is 1. The molecule has 0 aromatic carbocycles. The standard InChI is InChI=1S/C8H11N3O2S/c9-6(8(12)11-13)5-14-7-3-1-2-4-10-7/h1-4,6,13H,5,9H2,(H,11,12). The average Bonchev–Trinajstić information content (AvgIpc) is 2.26. The lowest BCUT2D eigenvalue weighted by Gasteiger charge is -2.07. The molecule has 1 unspecified atom stereocenters. The van der Waals surface area contributed by atoms with E-state index in [9.17, 15) is 4.79 Å². The van der Waals surface area contributed by atoms with Gasteiger partial charge in [0.1, 0.15) is 0 Å². The number of thioether (sulfide) groups is 1. The summed E-state index contributed by atoms with van der Waals surface area (Å²) in [5.74, 6) is -0.211. The first-order chi connectivity index (χ1) is 6.74. The summed E-state index contributed by atoms with van der Waals surface area (Å²) in [4.78, 5) is 14.9. The molecule has 4 N–H and O–H groups in total. The number of carbonyl (C=O) groups is 1. The second kappa shape index (κ2) is 5.58. The molecular formula is C8H11N3O2S. The highest BCUT2D eigenvalue weighted by Crippen LogP contribution is 2.14. The summed E-state index contributed by atoms with van der Waals surface area (Å²) in [7, 11) is 0. The van der Waals surface area contributed by atoms with Crippen LogP contribution >= 0.6 is 11.8 Å². The van der Waals surface area contributed by atoms with Gasteiger partial charge < -0.3 is 5.73 Å². The average molecular weight is 213 g/mol. The van der Waals surface area contributed by atoms with Crippen molar-refractivity contribution in [2.45, 2.75) is 11.1 Å². The lowest BCUT2D eigenvalue weighted by Crippen LogP contribution is -2.40. The zero-order valence-electron chi connectivity index (χ0n) is 7.38. The Morgan fingerprint density at radius 2 is 2.50 bits per heavy atom. The lowest BCUT2D eigenvalue weighted by molar-refractivity contribution is -0.130. The van der Waals surface area contributed by atoms with Crippen molar-refractivity contribution >= 4 is 17.7 Å². The fourth-order valence-corrected chi connectivity index (χ4v) is 1.58. The summed E-state index contributed by atoms with van der Waals surface area (Å²) in [5, 5.41) is 9.10. The van der Waals surface area contributed by atoms with E-state index in [4.69, 9.17) is 10.9 Å². The summed E-state index contributed by atoms with van der Waals surface area (Å²) in [5.41, 5.74) is 6.96. The highest BCUT2D eigenvalue weighted by Gasteiger charge is 2.12. The van der Waals surface area contributed by atoms with Gasteiger partial charge in [0.25, 0.3) is 5.91 Å². The Morgan fingerprint density at radius 1 is 1.71 bits per heavy atom. The molecule has 0 fully saturated rings. The third-order valence-electron chi connectivity index (χ3n) is 1.50. The van der Waals surface area contributed by atoms with Crippen molar-refractivity contribution in [1.82, 2.24) is 10.5 Å². The Balaban J connectivity index is 2.38. The van der Waals surface area contributed by atoms with E-state index in [1.165, 1.54) is 17.2 Å².